The molecule has 7 heteroatoms. The standard InChI is InChI=1S/C10H9N3O3S/c11-9(14)5-12-10(15)6-4-7(16-13-6)8-2-1-3-17-8/h1-4H,5H2,(H2,11,14)(H,12,15). The van der Waals surface area contributed by atoms with Crippen molar-refractivity contribution in [1.29, 1.82) is 0 Å². The molecule has 0 saturated carbocycles. The molecule has 0 atom stereocenters. The molecule has 0 unspecified atom stereocenters. The van der Waals surface area contributed by atoms with Crippen LogP contribution in [-0.2, 0) is 4.79 Å². The van der Waals surface area contributed by atoms with Gasteiger partial charge in [0.05, 0.1) is 11.4 Å². The highest BCUT2D eigenvalue weighted by molar-refractivity contribution is 7.13. The molecule has 0 bridgehead atoms. The maximum atomic E-state index is 11.5. The van der Waals surface area contributed by atoms with E-state index in [1.165, 1.54) is 17.4 Å². The Bertz CT molecular complexity index is 533. The van der Waals surface area contributed by atoms with Gasteiger partial charge in [-0.15, -0.1) is 11.3 Å². The van der Waals surface area contributed by atoms with E-state index in [1.54, 1.807) is 0 Å². The first-order valence-electron chi connectivity index (χ1n) is 4.74. The van der Waals surface area contributed by atoms with E-state index < -0.39 is 11.8 Å². The van der Waals surface area contributed by atoms with Crippen molar-refractivity contribution in [2.75, 3.05) is 6.54 Å². The summed E-state index contributed by atoms with van der Waals surface area (Å²) < 4.78 is 5.02. The molecule has 17 heavy (non-hydrogen) atoms. The lowest BCUT2D eigenvalue weighted by molar-refractivity contribution is -0.117. The molecule has 0 aliphatic rings. The Kier molecular flexibility index (Phi) is 3.20. The van der Waals surface area contributed by atoms with Crippen LogP contribution in [0.1, 0.15) is 10.5 Å². The normalized spacial score (nSPS) is 10.1. The number of aromatic nitrogens is 1. The van der Waals surface area contributed by atoms with Crippen molar-refractivity contribution in [2.24, 2.45) is 5.73 Å². The lowest BCUT2D eigenvalue weighted by Gasteiger charge is -1.96. The lowest BCUT2D eigenvalue weighted by atomic mass is 10.3. The van der Waals surface area contributed by atoms with Gasteiger partial charge in [0.1, 0.15) is 0 Å². The second kappa shape index (κ2) is 4.79. The molecular weight excluding hydrogens is 242 g/mol. The third-order valence-corrected chi connectivity index (χ3v) is 2.81. The maximum Gasteiger partial charge on any atom is 0.273 e. The molecule has 6 nitrogen and oxygen atoms in total. The Morgan fingerprint density at radius 2 is 2.35 bits per heavy atom. The zero-order valence-electron chi connectivity index (χ0n) is 8.67. The topological polar surface area (TPSA) is 98.2 Å². The molecular formula is C10H9N3O3S. The van der Waals surface area contributed by atoms with Crippen LogP contribution in [0.15, 0.2) is 28.1 Å². The van der Waals surface area contributed by atoms with Crippen LogP contribution >= 0.6 is 11.3 Å². The zero-order chi connectivity index (χ0) is 12.3. The highest BCUT2D eigenvalue weighted by atomic mass is 32.1. The third kappa shape index (κ3) is 2.70. The molecule has 0 radical (unpaired) electrons. The van der Waals surface area contributed by atoms with Gasteiger partial charge in [0, 0.05) is 6.07 Å². The Morgan fingerprint density at radius 3 is 3.00 bits per heavy atom. The number of hydrogen-bond donors (Lipinski definition) is 2. The van der Waals surface area contributed by atoms with Crippen LogP contribution in [0, 0.1) is 0 Å². The Balaban J connectivity index is 2.08. The smallest absolute Gasteiger partial charge is 0.273 e. The van der Waals surface area contributed by atoms with Crippen LogP contribution in [0.25, 0.3) is 10.6 Å². The monoisotopic (exact) mass is 251 g/mol. The number of carbonyl (C=O) groups is 2. The van der Waals surface area contributed by atoms with E-state index in [0.29, 0.717) is 5.76 Å². The molecule has 2 heterocycles. The minimum absolute atomic E-state index is 0.120. The highest BCUT2D eigenvalue weighted by Crippen LogP contribution is 2.24. The second-order valence-electron chi connectivity index (χ2n) is 3.20. The molecule has 0 aliphatic heterocycles. The maximum absolute atomic E-state index is 11.5. The van der Waals surface area contributed by atoms with Gasteiger partial charge in [-0.1, -0.05) is 11.2 Å². The van der Waals surface area contributed by atoms with Gasteiger partial charge in [-0.2, -0.15) is 0 Å². The van der Waals surface area contributed by atoms with Crippen molar-refractivity contribution < 1.29 is 14.1 Å². The second-order valence-corrected chi connectivity index (χ2v) is 4.15. The van der Waals surface area contributed by atoms with Gasteiger partial charge < -0.3 is 15.6 Å². The van der Waals surface area contributed by atoms with Crippen LogP contribution in [0.4, 0.5) is 0 Å². The number of nitrogens with zero attached hydrogens (tertiary/aromatic N) is 1. The lowest BCUT2D eigenvalue weighted by Crippen LogP contribution is -2.33. The van der Waals surface area contributed by atoms with Crippen molar-refractivity contribution in [3.8, 4) is 10.6 Å². The van der Waals surface area contributed by atoms with E-state index in [1.807, 2.05) is 17.5 Å². The molecule has 0 aromatic carbocycles. The van der Waals surface area contributed by atoms with E-state index in [2.05, 4.69) is 10.5 Å². The Morgan fingerprint density at radius 1 is 1.53 bits per heavy atom. The number of amides is 2. The minimum Gasteiger partial charge on any atom is -0.368 e. The van der Waals surface area contributed by atoms with Crippen molar-refractivity contribution in [3.05, 3.63) is 29.3 Å². The zero-order valence-corrected chi connectivity index (χ0v) is 9.49. The van der Waals surface area contributed by atoms with Crippen molar-refractivity contribution in [2.45, 2.75) is 0 Å². The number of rotatable bonds is 4. The van der Waals surface area contributed by atoms with E-state index in [9.17, 15) is 9.59 Å². The Hall–Kier alpha value is -2.15. The fraction of sp³-hybridized carbons (Fsp3) is 0.100. The van der Waals surface area contributed by atoms with Crippen LogP contribution in [0.3, 0.4) is 0 Å². The Labute approximate surface area is 100 Å². The average Bonchev–Trinajstić information content (AvgIpc) is 2.94. The molecule has 2 aromatic heterocycles. The van der Waals surface area contributed by atoms with Gasteiger partial charge >= 0.3 is 0 Å². The van der Waals surface area contributed by atoms with Gasteiger partial charge in [-0.3, -0.25) is 9.59 Å². The van der Waals surface area contributed by atoms with Crippen molar-refractivity contribution in [3.63, 3.8) is 0 Å². The summed E-state index contributed by atoms with van der Waals surface area (Å²) in [6.07, 6.45) is 0. The SMILES string of the molecule is NC(=O)CNC(=O)c1cc(-c2cccs2)on1. The summed E-state index contributed by atoms with van der Waals surface area (Å²) in [6, 6.07) is 5.24. The first-order chi connectivity index (χ1) is 8.16. The largest absolute Gasteiger partial charge is 0.368 e. The molecule has 0 aliphatic carbocycles. The van der Waals surface area contributed by atoms with E-state index in [4.69, 9.17) is 10.3 Å². The number of hydrogen-bond acceptors (Lipinski definition) is 5. The molecule has 88 valence electrons. The molecule has 0 fully saturated rings. The van der Waals surface area contributed by atoms with E-state index in [-0.39, 0.29) is 12.2 Å². The molecule has 3 N–H and O–H groups in total. The number of primary amides is 1. The van der Waals surface area contributed by atoms with Crippen LogP contribution < -0.4 is 11.1 Å². The fourth-order valence-corrected chi connectivity index (χ4v) is 1.85. The van der Waals surface area contributed by atoms with Crippen LogP contribution in [0.2, 0.25) is 0 Å². The molecule has 2 rings (SSSR count). The number of nitrogens with two attached hydrogens (primary N) is 1. The fourth-order valence-electron chi connectivity index (χ4n) is 1.18. The van der Waals surface area contributed by atoms with Gasteiger partial charge in [0.2, 0.25) is 5.91 Å². The third-order valence-electron chi connectivity index (χ3n) is 1.93. The van der Waals surface area contributed by atoms with Gasteiger partial charge in [0.25, 0.3) is 5.91 Å². The predicted octanol–water partition coefficient (Wildman–Crippen LogP) is 0.618. The average molecular weight is 251 g/mol. The van der Waals surface area contributed by atoms with Gasteiger partial charge in [-0.05, 0) is 11.4 Å². The summed E-state index contributed by atoms with van der Waals surface area (Å²) in [4.78, 5) is 22.9. The summed E-state index contributed by atoms with van der Waals surface area (Å²) in [6.45, 7) is -0.222. The first-order valence-corrected chi connectivity index (χ1v) is 5.62. The predicted molar refractivity (Wildman–Crippen MR) is 61.3 cm³/mol. The molecule has 0 spiro atoms. The van der Waals surface area contributed by atoms with E-state index in [0.717, 1.165) is 4.88 Å². The highest BCUT2D eigenvalue weighted by Gasteiger charge is 2.14. The van der Waals surface area contributed by atoms with Gasteiger partial charge in [0.15, 0.2) is 11.5 Å². The van der Waals surface area contributed by atoms with Crippen molar-refractivity contribution >= 4 is 23.2 Å². The van der Waals surface area contributed by atoms with Crippen LogP contribution in [-0.4, -0.2) is 23.5 Å². The number of thiophene rings is 1. The summed E-state index contributed by atoms with van der Waals surface area (Å²) in [5.74, 6) is -0.583. The quantitative estimate of drug-likeness (QED) is 0.832. The summed E-state index contributed by atoms with van der Waals surface area (Å²) >= 11 is 1.48. The summed E-state index contributed by atoms with van der Waals surface area (Å²) in [7, 11) is 0. The molecule has 2 amide bonds. The number of carbonyl (C=O) groups excluding carboxylic acids is 2. The van der Waals surface area contributed by atoms with Gasteiger partial charge in [-0.25, -0.2) is 0 Å². The van der Waals surface area contributed by atoms with E-state index >= 15 is 0 Å². The van der Waals surface area contributed by atoms with Crippen LogP contribution in [0.5, 0.6) is 0 Å². The molecule has 0 saturated heterocycles. The summed E-state index contributed by atoms with van der Waals surface area (Å²) in [5, 5.41) is 7.84. The summed E-state index contributed by atoms with van der Waals surface area (Å²) in [5.41, 5.74) is 5.03. The first kappa shape index (κ1) is 11.3. The minimum atomic E-state index is -0.611. The number of nitrogens with one attached hydrogen (secondary N) is 1. The van der Waals surface area contributed by atoms with Crippen molar-refractivity contribution in [1.82, 2.24) is 10.5 Å². The molecule has 2 aromatic rings.